The van der Waals surface area contributed by atoms with Crippen molar-refractivity contribution in [3.63, 3.8) is 0 Å². The molecule has 3 fully saturated rings. The van der Waals surface area contributed by atoms with E-state index in [1.807, 2.05) is 29.2 Å². The van der Waals surface area contributed by atoms with Crippen molar-refractivity contribution in [2.24, 2.45) is 0 Å². The topological polar surface area (TPSA) is 168 Å². The molecule has 0 bridgehead atoms. The fraction of sp³-hybridized carbons (Fsp3) is 0.432. The van der Waals surface area contributed by atoms with Crippen LogP contribution in [0, 0.1) is 0 Å². The zero-order chi connectivity index (χ0) is 37.9. The van der Waals surface area contributed by atoms with Crippen LogP contribution in [0.15, 0.2) is 67.3 Å². The van der Waals surface area contributed by atoms with Crippen LogP contribution < -0.4 is 10.2 Å². The van der Waals surface area contributed by atoms with Crippen LogP contribution in [0.2, 0.25) is 10.0 Å². The lowest BCUT2D eigenvalue weighted by atomic mass is 9.72. The van der Waals surface area contributed by atoms with Crippen molar-refractivity contribution in [2.45, 2.75) is 42.6 Å². The number of carbonyl (C=O) groups is 3. The highest BCUT2D eigenvalue weighted by atomic mass is 35.5. The molecule has 2 N–H and O–H groups in total. The number of methoxy groups -OCH3 is 1. The van der Waals surface area contributed by atoms with Gasteiger partial charge >= 0.3 is 5.97 Å². The zero-order valence-electron chi connectivity index (χ0n) is 29.7. The lowest BCUT2D eigenvalue weighted by Gasteiger charge is -2.43. The molecule has 2 aromatic carbocycles. The highest BCUT2D eigenvalue weighted by Crippen LogP contribution is 2.42. The molecule has 15 nitrogen and oxygen atoms in total. The summed E-state index contributed by atoms with van der Waals surface area (Å²) in [5.41, 5.74) is 4.44. The number of carboxylic acid groups (broad SMARTS) is 1. The number of morpholine rings is 1. The summed E-state index contributed by atoms with van der Waals surface area (Å²) in [6, 6.07) is 13.7. The van der Waals surface area contributed by atoms with Gasteiger partial charge in [0.25, 0.3) is 5.91 Å². The summed E-state index contributed by atoms with van der Waals surface area (Å²) in [6.45, 7) is 3.49. The van der Waals surface area contributed by atoms with Crippen molar-refractivity contribution >= 4 is 41.0 Å². The standard InChI is InChI=1S/C37H41Cl2N9O6/c1-53-32-7-5-27(48-24-41-43-44-48)20-28(32)33(49)46-16-9-36(23-46,25-4-6-29(38)30(39)19-25)8-13-45-14-10-37(11-15-45,26-3-2-12-40-21-26)35(52)42-47-17-18-54-22-31(47)34(50)51/h2-7,12,19-21,24,31H,8-11,13-18,22-23H2,1H3,(H,42,52)(H,50,51). The van der Waals surface area contributed by atoms with Crippen LogP contribution >= 0.6 is 23.2 Å². The predicted octanol–water partition coefficient (Wildman–Crippen LogP) is 3.40. The molecule has 3 aliphatic heterocycles. The first-order chi connectivity index (χ1) is 26.1. The molecule has 0 saturated carbocycles. The number of rotatable bonds is 11. The number of halogens is 2. The molecule has 3 aliphatic rings. The summed E-state index contributed by atoms with van der Waals surface area (Å²) in [6.07, 6.45) is 7.30. The highest BCUT2D eigenvalue weighted by molar-refractivity contribution is 6.42. The molecule has 0 aliphatic carbocycles. The highest BCUT2D eigenvalue weighted by Gasteiger charge is 2.47. The monoisotopic (exact) mass is 777 g/mol. The van der Waals surface area contributed by atoms with E-state index in [4.69, 9.17) is 32.7 Å². The van der Waals surface area contributed by atoms with Crippen molar-refractivity contribution in [3.8, 4) is 11.4 Å². The summed E-state index contributed by atoms with van der Waals surface area (Å²) < 4.78 is 12.5. The van der Waals surface area contributed by atoms with Crippen LogP contribution in [0.3, 0.4) is 0 Å². The van der Waals surface area contributed by atoms with Gasteiger partial charge in [-0.3, -0.25) is 24.8 Å². The van der Waals surface area contributed by atoms with E-state index in [1.165, 1.54) is 23.1 Å². The number of hydrogen-bond donors (Lipinski definition) is 2. The van der Waals surface area contributed by atoms with Crippen LogP contribution in [0.5, 0.6) is 5.75 Å². The number of carbonyl (C=O) groups excluding carboxylic acids is 2. The molecule has 2 unspecified atom stereocenters. The molecule has 7 rings (SSSR count). The van der Waals surface area contributed by atoms with E-state index in [-0.39, 0.29) is 25.0 Å². The molecule has 2 aromatic heterocycles. The summed E-state index contributed by atoms with van der Waals surface area (Å²) in [5.74, 6) is -1.02. The number of aliphatic carboxylic acids is 1. The number of ether oxygens (including phenoxy) is 2. The summed E-state index contributed by atoms with van der Waals surface area (Å²) in [5, 5.41) is 23.5. The summed E-state index contributed by atoms with van der Waals surface area (Å²) in [4.78, 5) is 48.8. The first-order valence-corrected chi connectivity index (χ1v) is 18.6. The zero-order valence-corrected chi connectivity index (χ0v) is 31.2. The first-order valence-electron chi connectivity index (χ1n) is 17.8. The number of tetrazole rings is 1. The Bertz CT molecular complexity index is 1980. The molecule has 0 spiro atoms. The number of aromatic nitrogens is 5. The number of amides is 2. The van der Waals surface area contributed by atoms with Crippen molar-refractivity contribution in [1.29, 1.82) is 0 Å². The molecule has 4 aromatic rings. The van der Waals surface area contributed by atoms with Crippen LogP contribution in [-0.4, -0.2) is 129 Å². The van der Waals surface area contributed by atoms with Crippen LogP contribution in [0.25, 0.3) is 5.69 Å². The van der Waals surface area contributed by atoms with Crippen LogP contribution in [0.1, 0.15) is 47.2 Å². The Balaban J connectivity index is 1.09. The molecule has 2 atom stereocenters. The molecular weight excluding hydrogens is 737 g/mol. The molecule has 5 heterocycles. The van der Waals surface area contributed by atoms with Gasteiger partial charge in [0.2, 0.25) is 5.91 Å². The molecule has 3 saturated heterocycles. The van der Waals surface area contributed by atoms with Gasteiger partial charge in [0.15, 0.2) is 0 Å². The second-order valence-corrected chi connectivity index (χ2v) is 14.8. The Morgan fingerprint density at radius 3 is 2.56 bits per heavy atom. The van der Waals surface area contributed by atoms with Gasteiger partial charge in [-0.25, -0.2) is 9.69 Å². The summed E-state index contributed by atoms with van der Waals surface area (Å²) >= 11 is 12.9. The third kappa shape index (κ3) is 7.51. The van der Waals surface area contributed by atoms with E-state index in [0.29, 0.717) is 85.6 Å². The number of hydrazine groups is 1. The van der Waals surface area contributed by atoms with Gasteiger partial charge in [0.1, 0.15) is 18.1 Å². The van der Waals surface area contributed by atoms with Gasteiger partial charge in [0.05, 0.1) is 47.0 Å². The number of nitrogens with one attached hydrogen (secondary N) is 1. The van der Waals surface area contributed by atoms with Gasteiger partial charge in [0, 0.05) is 37.4 Å². The largest absolute Gasteiger partial charge is 0.496 e. The molecule has 54 heavy (non-hydrogen) atoms. The van der Waals surface area contributed by atoms with Crippen molar-refractivity contribution in [2.75, 3.05) is 59.6 Å². The fourth-order valence-electron chi connectivity index (χ4n) is 7.91. The van der Waals surface area contributed by atoms with Gasteiger partial charge in [-0.05, 0) is 103 Å². The number of hydrogen-bond acceptors (Lipinski definition) is 11. The Kier molecular flexibility index (Phi) is 11.1. The number of nitrogens with zero attached hydrogens (tertiary/aromatic N) is 8. The van der Waals surface area contributed by atoms with Crippen molar-refractivity contribution in [3.05, 3.63) is 94.0 Å². The summed E-state index contributed by atoms with van der Waals surface area (Å²) in [7, 11) is 1.54. The van der Waals surface area contributed by atoms with E-state index in [2.05, 4.69) is 30.8 Å². The van der Waals surface area contributed by atoms with Gasteiger partial charge < -0.3 is 24.4 Å². The smallest absolute Gasteiger partial charge is 0.325 e. The Labute approximate surface area is 322 Å². The van der Waals surface area contributed by atoms with Gasteiger partial charge in [-0.2, -0.15) is 0 Å². The lowest BCUT2D eigenvalue weighted by molar-refractivity contribution is -0.156. The van der Waals surface area contributed by atoms with E-state index in [9.17, 15) is 19.5 Å². The molecule has 2 amide bonds. The number of pyridine rings is 1. The van der Waals surface area contributed by atoms with Crippen molar-refractivity contribution in [1.82, 2.24) is 45.4 Å². The molecule has 0 radical (unpaired) electrons. The van der Waals surface area contributed by atoms with Gasteiger partial charge in [-0.15, -0.1) is 5.10 Å². The Morgan fingerprint density at radius 1 is 1.02 bits per heavy atom. The Morgan fingerprint density at radius 2 is 1.85 bits per heavy atom. The number of piperidine rings is 1. The molecular formula is C37H41Cl2N9O6. The third-order valence-corrected chi connectivity index (χ3v) is 11.9. The average Bonchev–Trinajstić information content (AvgIpc) is 3.90. The van der Waals surface area contributed by atoms with Crippen LogP contribution in [0.4, 0.5) is 0 Å². The van der Waals surface area contributed by atoms with E-state index >= 15 is 0 Å². The fourth-order valence-corrected chi connectivity index (χ4v) is 8.21. The number of benzene rings is 2. The predicted molar refractivity (Wildman–Crippen MR) is 198 cm³/mol. The quantitative estimate of drug-likeness (QED) is 0.228. The van der Waals surface area contributed by atoms with E-state index in [1.54, 1.807) is 36.7 Å². The number of likely N-dealkylation sites (tertiary alicyclic amines) is 2. The average molecular weight is 779 g/mol. The molecule has 284 valence electrons. The molecule has 17 heteroatoms. The SMILES string of the molecule is COc1ccc(-n2cnnn2)cc1C(=O)N1CCC(CCN2CCC(C(=O)NN3CCOCC3C(=O)O)(c3cccnc3)CC2)(c2ccc(Cl)c(Cl)c2)C1. The van der Waals surface area contributed by atoms with E-state index in [0.717, 1.165) is 17.5 Å². The number of carboxylic acids is 1. The second kappa shape index (κ2) is 16.0. The lowest BCUT2D eigenvalue weighted by Crippen LogP contribution is -2.62. The minimum Gasteiger partial charge on any atom is -0.496 e. The minimum absolute atomic E-state index is 0.00642. The normalized spacial score (nSPS) is 21.8. The second-order valence-electron chi connectivity index (χ2n) is 14.0. The van der Waals surface area contributed by atoms with Crippen molar-refractivity contribution < 1.29 is 29.0 Å². The maximum Gasteiger partial charge on any atom is 0.325 e. The minimum atomic E-state index is -1.06. The maximum absolute atomic E-state index is 14.2. The first kappa shape index (κ1) is 37.6. The van der Waals surface area contributed by atoms with Gasteiger partial charge in [-0.1, -0.05) is 35.3 Å². The van der Waals surface area contributed by atoms with Crippen LogP contribution in [-0.2, 0) is 25.2 Å². The van der Waals surface area contributed by atoms with E-state index < -0.39 is 22.8 Å². The third-order valence-electron chi connectivity index (χ3n) is 11.1. The maximum atomic E-state index is 14.2. The Hall–Kier alpha value is -4.67.